The van der Waals surface area contributed by atoms with Gasteiger partial charge in [0.25, 0.3) is 0 Å². The normalized spacial score (nSPS) is 10.1. The maximum Gasteiger partial charge on any atom is 0.339 e. The lowest BCUT2D eigenvalue weighted by Gasteiger charge is -2.05. The topological polar surface area (TPSA) is 52.6 Å². The summed E-state index contributed by atoms with van der Waals surface area (Å²) >= 11 is 4.28. The average molecular weight is 628 g/mol. The van der Waals surface area contributed by atoms with Gasteiger partial charge in [-0.05, 0) is 94.7 Å². The van der Waals surface area contributed by atoms with E-state index in [-0.39, 0.29) is 13.2 Å². The maximum atomic E-state index is 12.0. The van der Waals surface area contributed by atoms with Gasteiger partial charge in [0.15, 0.2) is 13.2 Å². The molecule has 2 aromatic rings. The van der Waals surface area contributed by atoms with Crippen LogP contribution in [0.15, 0.2) is 48.5 Å². The van der Waals surface area contributed by atoms with Gasteiger partial charge in [-0.1, -0.05) is 24.0 Å². The molecule has 0 aliphatic heterocycles. The van der Waals surface area contributed by atoms with E-state index in [1.807, 2.05) is 25.2 Å². The van der Waals surface area contributed by atoms with Crippen LogP contribution in [0.2, 0.25) is 13.1 Å². The minimum Gasteiger partial charge on any atom is -0.449 e. The van der Waals surface area contributed by atoms with E-state index in [4.69, 9.17) is 9.47 Å². The van der Waals surface area contributed by atoms with Crippen LogP contribution in [-0.4, -0.2) is 33.2 Å². The van der Waals surface area contributed by atoms with E-state index < -0.39 is 20.0 Å². The van der Waals surface area contributed by atoms with Crippen molar-refractivity contribution < 1.29 is 19.1 Å². The molecule has 7 heteroatoms. The lowest BCUT2D eigenvalue weighted by molar-refractivity contribution is 0.0547. The Morgan fingerprint density at radius 2 is 1.24 bits per heavy atom. The highest BCUT2D eigenvalue weighted by molar-refractivity contribution is 14.1. The second-order valence-corrected chi connectivity index (χ2v) is 12.6. The molecule has 0 unspecified atom stereocenters. The number of rotatable bonds is 4. The first-order valence-electron chi connectivity index (χ1n) is 8.62. The molecule has 0 bridgehead atoms. The molecule has 29 heavy (non-hydrogen) atoms. The molecule has 0 atom stereocenters. The van der Waals surface area contributed by atoms with E-state index in [2.05, 4.69) is 68.1 Å². The zero-order chi connectivity index (χ0) is 21.3. The molecule has 0 heterocycles. The van der Waals surface area contributed by atoms with Crippen LogP contribution < -0.4 is 0 Å². The Morgan fingerprint density at radius 3 is 1.62 bits per heavy atom. The average Bonchev–Trinajstić information content (AvgIpc) is 2.68. The third-order valence-corrected chi connectivity index (χ3v) is 6.42. The highest BCUT2D eigenvalue weighted by Gasteiger charge is 2.14. The van der Waals surface area contributed by atoms with Gasteiger partial charge in [0.2, 0.25) is 8.07 Å². The van der Waals surface area contributed by atoms with Crippen molar-refractivity contribution in [3.05, 3.63) is 66.8 Å². The summed E-state index contributed by atoms with van der Waals surface area (Å²) in [6.07, 6.45) is 0. The molecule has 2 aromatic carbocycles. The third kappa shape index (κ3) is 8.60. The number of ether oxygens (including phenoxy) is 2. The number of carbonyl (C=O) groups excluding carboxylic acids is 2. The molecule has 0 N–H and O–H groups in total. The first-order valence-corrected chi connectivity index (χ1v) is 13.8. The van der Waals surface area contributed by atoms with Crippen molar-refractivity contribution in [1.82, 2.24) is 0 Å². The summed E-state index contributed by atoms with van der Waals surface area (Å²) in [4.78, 5) is 24.0. The van der Waals surface area contributed by atoms with Crippen LogP contribution in [0.1, 0.15) is 20.7 Å². The fourth-order valence-corrected chi connectivity index (χ4v) is 4.32. The van der Waals surface area contributed by atoms with Gasteiger partial charge in [-0.25, -0.2) is 9.59 Å². The molecule has 0 saturated heterocycles. The molecule has 0 spiro atoms. The minimum absolute atomic E-state index is 0.0179. The summed E-state index contributed by atoms with van der Waals surface area (Å²) in [5, 5.41) is 0. The number of benzene rings is 2. The summed E-state index contributed by atoms with van der Waals surface area (Å²) in [5.74, 6) is 4.96. The lowest BCUT2D eigenvalue weighted by Crippen LogP contribution is -2.21. The van der Waals surface area contributed by atoms with Crippen LogP contribution in [0.4, 0.5) is 0 Å². The monoisotopic (exact) mass is 628 g/mol. The Hall–Kier alpha value is -1.82. The summed E-state index contributed by atoms with van der Waals surface area (Å²) < 4.78 is 12.3. The Kier molecular flexibility index (Phi) is 9.21. The predicted octanol–water partition coefficient (Wildman–Crippen LogP) is 4.70. The van der Waals surface area contributed by atoms with Gasteiger partial charge in [0.1, 0.15) is 0 Å². The smallest absolute Gasteiger partial charge is 0.339 e. The van der Waals surface area contributed by atoms with Gasteiger partial charge in [-0.2, -0.15) is 0 Å². The van der Waals surface area contributed by atoms with Crippen molar-refractivity contribution in [2.75, 3.05) is 13.2 Å². The highest BCUT2D eigenvalue weighted by Crippen LogP contribution is 2.10. The van der Waals surface area contributed by atoms with Crippen LogP contribution in [0.3, 0.4) is 0 Å². The molecule has 0 amide bonds. The lowest BCUT2D eigenvalue weighted by atomic mass is 10.2. The first kappa shape index (κ1) is 23.5. The number of hydrogen-bond acceptors (Lipinski definition) is 4. The van der Waals surface area contributed by atoms with Crippen LogP contribution in [-0.2, 0) is 9.47 Å². The van der Waals surface area contributed by atoms with Crippen molar-refractivity contribution in [2.24, 2.45) is 0 Å². The van der Waals surface area contributed by atoms with Crippen molar-refractivity contribution in [3.8, 4) is 22.9 Å². The molecule has 2 rings (SSSR count). The Morgan fingerprint density at radius 1 is 0.828 bits per heavy atom. The fourth-order valence-electron chi connectivity index (χ4n) is 2.15. The molecule has 0 radical (unpaired) electrons. The largest absolute Gasteiger partial charge is 0.449 e. The SMILES string of the molecule is C[Si](C)(C#CCOC(=O)c1cccc(I)c1)C#CCOC(=O)c1cccc(I)c1. The van der Waals surface area contributed by atoms with Crippen LogP contribution in [0.25, 0.3) is 0 Å². The van der Waals surface area contributed by atoms with Gasteiger partial charge in [0.05, 0.1) is 11.1 Å². The van der Waals surface area contributed by atoms with Crippen LogP contribution in [0.5, 0.6) is 0 Å². The van der Waals surface area contributed by atoms with Gasteiger partial charge < -0.3 is 9.47 Å². The van der Waals surface area contributed by atoms with Crippen molar-refractivity contribution >= 4 is 65.2 Å². The molecule has 0 aromatic heterocycles. The summed E-state index contributed by atoms with van der Waals surface area (Å²) in [6, 6.07) is 14.4. The highest BCUT2D eigenvalue weighted by atomic mass is 127. The van der Waals surface area contributed by atoms with Crippen LogP contribution >= 0.6 is 45.2 Å². The van der Waals surface area contributed by atoms with Crippen molar-refractivity contribution in [2.45, 2.75) is 13.1 Å². The van der Waals surface area contributed by atoms with Gasteiger partial charge in [-0.15, -0.1) is 11.1 Å². The molecular formula is C22H18I2O4Si. The van der Waals surface area contributed by atoms with E-state index in [0.29, 0.717) is 11.1 Å². The van der Waals surface area contributed by atoms with E-state index >= 15 is 0 Å². The Labute approximate surface area is 199 Å². The summed E-state index contributed by atoms with van der Waals surface area (Å²) in [5.41, 5.74) is 7.21. The number of halogens is 2. The molecule has 4 nitrogen and oxygen atoms in total. The quantitative estimate of drug-likeness (QED) is 0.213. The van der Waals surface area contributed by atoms with Gasteiger partial charge in [0, 0.05) is 7.14 Å². The number of hydrogen-bond donors (Lipinski definition) is 0. The molecule has 0 saturated carbocycles. The first-order chi connectivity index (χ1) is 13.8. The number of carbonyl (C=O) groups is 2. The van der Waals surface area contributed by atoms with Crippen LogP contribution in [0, 0.1) is 30.1 Å². The predicted molar refractivity (Wildman–Crippen MR) is 132 cm³/mol. The van der Waals surface area contributed by atoms with Crippen molar-refractivity contribution in [3.63, 3.8) is 0 Å². The van der Waals surface area contributed by atoms with Crippen molar-refractivity contribution in [1.29, 1.82) is 0 Å². The van der Waals surface area contributed by atoms with E-state index in [0.717, 1.165) is 7.14 Å². The third-order valence-electron chi connectivity index (χ3n) is 3.47. The molecule has 148 valence electrons. The Bertz CT molecular complexity index is 945. The zero-order valence-electron chi connectivity index (χ0n) is 15.9. The van der Waals surface area contributed by atoms with E-state index in [1.54, 1.807) is 36.4 Å². The summed E-state index contributed by atoms with van der Waals surface area (Å²) in [6.45, 7) is 4.00. The second kappa shape index (κ2) is 11.4. The molecule has 0 fully saturated rings. The molecular weight excluding hydrogens is 610 g/mol. The minimum atomic E-state index is -2.13. The van der Waals surface area contributed by atoms with E-state index in [9.17, 15) is 9.59 Å². The fraction of sp³-hybridized carbons (Fsp3) is 0.182. The Balaban J connectivity index is 1.81. The zero-order valence-corrected chi connectivity index (χ0v) is 21.2. The standard InChI is InChI=1S/C22H18I2O4Si/c1-29(2,13-5-11-27-21(25)17-7-3-9-19(23)15-17)14-6-12-28-22(26)18-8-4-10-20(24)16-18/h3-4,7-10,15-16H,11-12H2,1-2H3. The molecule has 0 aliphatic carbocycles. The second-order valence-electron chi connectivity index (χ2n) is 6.40. The maximum absolute atomic E-state index is 12.0. The summed E-state index contributed by atoms with van der Waals surface area (Å²) in [7, 11) is -2.13. The number of esters is 2. The van der Waals surface area contributed by atoms with Gasteiger partial charge >= 0.3 is 11.9 Å². The van der Waals surface area contributed by atoms with Gasteiger partial charge in [-0.3, -0.25) is 0 Å². The molecule has 0 aliphatic rings. The van der Waals surface area contributed by atoms with E-state index in [1.165, 1.54) is 0 Å².